The summed E-state index contributed by atoms with van der Waals surface area (Å²) in [6, 6.07) is 9.19. The Morgan fingerprint density at radius 1 is 1.03 bits per heavy atom. The van der Waals surface area contributed by atoms with Crippen molar-refractivity contribution >= 4 is 11.6 Å². The Balaban J connectivity index is 1.45. The standard InChI is InChI=1S/C22H23ClFN5/c1-28-12-16-11-17(23)8-9-19(16)29-20(13-28)26-27-22(29)15-6-4-14(5-7-15)21-18(24)3-2-10-25-21/h2-3,8-11,14-15H,4-7,12-13H2,1H3/t14-,15+. The summed E-state index contributed by atoms with van der Waals surface area (Å²) in [6.45, 7) is 1.57. The zero-order valence-corrected chi connectivity index (χ0v) is 17.1. The lowest BCUT2D eigenvalue weighted by Gasteiger charge is -2.28. The van der Waals surface area contributed by atoms with E-state index >= 15 is 0 Å². The second-order valence-corrected chi connectivity index (χ2v) is 8.61. The van der Waals surface area contributed by atoms with Crippen LogP contribution in [-0.4, -0.2) is 31.7 Å². The number of pyridine rings is 1. The number of nitrogens with zero attached hydrogens (tertiary/aromatic N) is 5. The molecule has 0 radical (unpaired) electrons. The summed E-state index contributed by atoms with van der Waals surface area (Å²) >= 11 is 6.26. The summed E-state index contributed by atoms with van der Waals surface area (Å²) < 4.78 is 16.4. The maximum atomic E-state index is 14.1. The number of fused-ring (bicyclic) bond motifs is 3. The number of halogens is 2. The molecule has 0 N–H and O–H groups in total. The van der Waals surface area contributed by atoms with Gasteiger partial charge in [-0.05, 0) is 68.6 Å². The van der Waals surface area contributed by atoms with Crippen molar-refractivity contribution in [2.45, 2.75) is 50.6 Å². The Morgan fingerprint density at radius 2 is 1.83 bits per heavy atom. The highest BCUT2D eigenvalue weighted by Gasteiger charge is 2.31. The fourth-order valence-corrected chi connectivity index (χ4v) is 4.96. The zero-order valence-electron chi connectivity index (χ0n) is 16.4. The number of aromatic nitrogens is 4. The molecule has 3 heterocycles. The molecule has 150 valence electrons. The Kier molecular flexibility index (Phi) is 4.84. The number of hydrogen-bond acceptors (Lipinski definition) is 4. The quantitative estimate of drug-likeness (QED) is 0.605. The molecule has 1 fully saturated rings. The molecule has 5 rings (SSSR count). The normalized spacial score (nSPS) is 22.0. The predicted octanol–water partition coefficient (Wildman–Crippen LogP) is 4.84. The average Bonchev–Trinajstić information content (AvgIpc) is 3.06. The molecule has 3 aromatic rings. The van der Waals surface area contributed by atoms with Crippen LogP contribution in [0, 0.1) is 5.82 Å². The topological polar surface area (TPSA) is 46.8 Å². The average molecular weight is 412 g/mol. The van der Waals surface area contributed by atoms with E-state index in [2.05, 4.69) is 37.8 Å². The molecule has 2 aliphatic rings. The van der Waals surface area contributed by atoms with E-state index in [-0.39, 0.29) is 11.7 Å². The molecule has 5 nitrogen and oxygen atoms in total. The highest BCUT2D eigenvalue weighted by molar-refractivity contribution is 6.30. The van der Waals surface area contributed by atoms with Crippen molar-refractivity contribution in [2.24, 2.45) is 0 Å². The van der Waals surface area contributed by atoms with Crippen molar-refractivity contribution in [3.05, 3.63) is 70.3 Å². The monoisotopic (exact) mass is 411 g/mol. The molecule has 0 atom stereocenters. The Hall–Kier alpha value is -2.31. The van der Waals surface area contributed by atoms with Gasteiger partial charge in [0.15, 0.2) is 5.82 Å². The van der Waals surface area contributed by atoms with Gasteiger partial charge < -0.3 is 0 Å². The fraction of sp³-hybridized carbons (Fsp3) is 0.409. The molecule has 0 unspecified atom stereocenters. The molecular formula is C22H23ClFN5. The SMILES string of the molecule is CN1Cc2cc(Cl)ccc2-n2c(nnc2[C@H]2CC[C@@H](c3ncccc3F)CC2)C1. The van der Waals surface area contributed by atoms with E-state index in [1.54, 1.807) is 12.3 Å². The van der Waals surface area contributed by atoms with Gasteiger partial charge in [-0.1, -0.05) is 11.6 Å². The van der Waals surface area contributed by atoms with Gasteiger partial charge in [-0.25, -0.2) is 4.39 Å². The first-order chi connectivity index (χ1) is 14.1. The minimum absolute atomic E-state index is 0.177. The highest BCUT2D eigenvalue weighted by atomic mass is 35.5. The van der Waals surface area contributed by atoms with Crippen molar-refractivity contribution in [1.29, 1.82) is 0 Å². The van der Waals surface area contributed by atoms with Crippen molar-refractivity contribution in [3.63, 3.8) is 0 Å². The molecule has 1 saturated carbocycles. The van der Waals surface area contributed by atoms with Gasteiger partial charge >= 0.3 is 0 Å². The van der Waals surface area contributed by atoms with Crippen molar-refractivity contribution in [3.8, 4) is 5.69 Å². The predicted molar refractivity (Wildman–Crippen MR) is 110 cm³/mol. The number of hydrogen-bond donors (Lipinski definition) is 0. The van der Waals surface area contributed by atoms with Gasteiger partial charge in [0.05, 0.1) is 17.9 Å². The van der Waals surface area contributed by atoms with Crippen LogP contribution in [0.3, 0.4) is 0 Å². The van der Waals surface area contributed by atoms with E-state index in [1.165, 1.54) is 11.6 Å². The van der Waals surface area contributed by atoms with E-state index in [1.807, 2.05) is 12.1 Å². The summed E-state index contributed by atoms with van der Waals surface area (Å²) in [5.41, 5.74) is 2.91. The van der Waals surface area contributed by atoms with Crippen LogP contribution in [0.25, 0.3) is 5.69 Å². The van der Waals surface area contributed by atoms with Gasteiger partial charge in [-0.15, -0.1) is 10.2 Å². The Morgan fingerprint density at radius 3 is 2.62 bits per heavy atom. The summed E-state index contributed by atoms with van der Waals surface area (Å²) in [5, 5.41) is 9.86. The molecule has 0 spiro atoms. The molecule has 1 aliphatic carbocycles. The first-order valence-electron chi connectivity index (χ1n) is 10.1. The minimum atomic E-state index is -0.193. The molecule has 7 heteroatoms. The maximum absolute atomic E-state index is 14.1. The smallest absolute Gasteiger partial charge is 0.151 e. The van der Waals surface area contributed by atoms with Crippen LogP contribution in [0.1, 0.15) is 60.4 Å². The molecule has 0 saturated heterocycles. The molecule has 0 amide bonds. The van der Waals surface area contributed by atoms with Crippen molar-refractivity contribution < 1.29 is 4.39 Å². The van der Waals surface area contributed by atoms with E-state index < -0.39 is 0 Å². The van der Waals surface area contributed by atoms with Crippen LogP contribution in [0.2, 0.25) is 5.02 Å². The lowest BCUT2D eigenvalue weighted by Crippen LogP contribution is -2.18. The third-order valence-electron chi connectivity index (χ3n) is 6.16. The van der Waals surface area contributed by atoms with Gasteiger partial charge in [0, 0.05) is 29.6 Å². The largest absolute Gasteiger partial charge is 0.295 e. The van der Waals surface area contributed by atoms with E-state index in [0.29, 0.717) is 11.6 Å². The van der Waals surface area contributed by atoms with Gasteiger partial charge in [-0.3, -0.25) is 14.5 Å². The van der Waals surface area contributed by atoms with Crippen LogP contribution in [0.5, 0.6) is 0 Å². The van der Waals surface area contributed by atoms with E-state index in [0.717, 1.165) is 61.1 Å². The highest BCUT2D eigenvalue weighted by Crippen LogP contribution is 2.41. The minimum Gasteiger partial charge on any atom is -0.295 e. The van der Waals surface area contributed by atoms with Gasteiger partial charge in [-0.2, -0.15) is 0 Å². The summed E-state index contributed by atoms with van der Waals surface area (Å²) in [7, 11) is 2.08. The fourth-order valence-electron chi connectivity index (χ4n) is 4.77. The summed E-state index contributed by atoms with van der Waals surface area (Å²) in [5.74, 6) is 2.27. The van der Waals surface area contributed by atoms with E-state index in [9.17, 15) is 4.39 Å². The second kappa shape index (κ2) is 7.50. The Bertz CT molecular complexity index is 1040. The maximum Gasteiger partial charge on any atom is 0.151 e. The third kappa shape index (κ3) is 3.45. The third-order valence-corrected chi connectivity index (χ3v) is 6.39. The van der Waals surface area contributed by atoms with Crippen LogP contribution in [-0.2, 0) is 13.1 Å². The molecule has 2 aromatic heterocycles. The number of rotatable bonds is 2. The Labute approximate surface area is 174 Å². The summed E-state index contributed by atoms with van der Waals surface area (Å²) in [6.07, 6.45) is 5.42. The van der Waals surface area contributed by atoms with Gasteiger partial charge in [0.2, 0.25) is 0 Å². The second-order valence-electron chi connectivity index (χ2n) is 8.17. The van der Waals surface area contributed by atoms with Gasteiger partial charge in [0.25, 0.3) is 0 Å². The van der Waals surface area contributed by atoms with Crippen LogP contribution in [0.15, 0.2) is 36.5 Å². The number of benzene rings is 1. The van der Waals surface area contributed by atoms with Crippen LogP contribution >= 0.6 is 11.6 Å². The van der Waals surface area contributed by atoms with Crippen molar-refractivity contribution in [1.82, 2.24) is 24.6 Å². The van der Waals surface area contributed by atoms with E-state index in [4.69, 9.17) is 11.6 Å². The van der Waals surface area contributed by atoms with Crippen LogP contribution in [0.4, 0.5) is 4.39 Å². The first-order valence-corrected chi connectivity index (χ1v) is 10.5. The van der Waals surface area contributed by atoms with Gasteiger partial charge in [0.1, 0.15) is 11.6 Å². The molecular weight excluding hydrogens is 389 g/mol. The van der Waals surface area contributed by atoms with Crippen molar-refractivity contribution in [2.75, 3.05) is 7.05 Å². The molecule has 1 aromatic carbocycles. The van der Waals surface area contributed by atoms with Crippen LogP contribution < -0.4 is 0 Å². The lowest BCUT2D eigenvalue weighted by molar-refractivity contribution is 0.315. The lowest BCUT2D eigenvalue weighted by atomic mass is 9.79. The first kappa shape index (κ1) is 18.7. The molecule has 1 aliphatic heterocycles. The molecule has 0 bridgehead atoms. The zero-order chi connectivity index (χ0) is 20.0. The summed E-state index contributed by atoms with van der Waals surface area (Å²) in [4.78, 5) is 6.52. The molecule has 29 heavy (non-hydrogen) atoms.